The van der Waals surface area contributed by atoms with Gasteiger partial charge in [-0.1, -0.05) is 12.1 Å². The van der Waals surface area contributed by atoms with Crippen LogP contribution in [0.3, 0.4) is 0 Å². The van der Waals surface area contributed by atoms with Crippen LogP contribution in [0.5, 0.6) is 0 Å². The first kappa shape index (κ1) is 9.26. The van der Waals surface area contributed by atoms with Crippen molar-refractivity contribution < 1.29 is 9.72 Å². The van der Waals surface area contributed by atoms with Gasteiger partial charge in [0.1, 0.15) is 5.52 Å². The van der Waals surface area contributed by atoms with Gasteiger partial charge in [-0.15, -0.1) is 0 Å². The van der Waals surface area contributed by atoms with Crippen LogP contribution in [-0.2, 0) is 0 Å². The van der Waals surface area contributed by atoms with E-state index in [9.17, 15) is 14.9 Å². The smallest absolute Gasteiger partial charge is 0.295 e. The summed E-state index contributed by atoms with van der Waals surface area (Å²) in [6, 6.07) is 6.07. The van der Waals surface area contributed by atoms with Gasteiger partial charge < -0.3 is 0 Å². The Morgan fingerprint density at radius 3 is 2.80 bits per heavy atom. The molecule has 0 atom stereocenters. The molecule has 0 unspecified atom stereocenters. The number of nitro benzene ring substituents is 1. The van der Waals surface area contributed by atoms with Gasteiger partial charge in [0.2, 0.25) is 0 Å². The number of para-hydroxylation sites is 1. The lowest BCUT2D eigenvalue weighted by Crippen LogP contribution is -1.93. The zero-order valence-corrected chi connectivity index (χ0v) is 7.58. The fraction of sp³-hybridized carbons (Fsp3) is 0. The second-order valence-corrected chi connectivity index (χ2v) is 2.95. The summed E-state index contributed by atoms with van der Waals surface area (Å²) in [5, 5.41) is 11.2. The molecule has 5 nitrogen and oxygen atoms in total. The number of hydrogen-bond acceptors (Lipinski definition) is 4. The minimum Gasteiger partial charge on any atom is -0.298 e. The van der Waals surface area contributed by atoms with E-state index < -0.39 is 4.92 Å². The van der Waals surface area contributed by atoms with Crippen molar-refractivity contribution in [1.29, 1.82) is 0 Å². The Labute approximate surface area is 84.5 Å². The molecule has 15 heavy (non-hydrogen) atoms. The number of pyridine rings is 1. The number of aromatic nitrogens is 1. The van der Waals surface area contributed by atoms with E-state index in [4.69, 9.17) is 0 Å². The van der Waals surface area contributed by atoms with Crippen molar-refractivity contribution in [3.63, 3.8) is 0 Å². The average Bonchev–Trinajstić information content (AvgIpc) is 2.27. The molecule has 1 aromatic carbocycles. The van der Waals surface area contributed by atoms with Crippen molar-refractivity contribution in [1.82, 2.24) is 4.98 Å². The lowest BCUT2D eigenvalue weighted by atomic mass is 10.1. The molecule has 74 valence electrons. The summed E-state index contributed by atoms with van der Waals surface area (Å²) in [7, 11) is 0. The van der Waals surface area contributed by atoms with E-state index in [0.717, 1.165) is 0 Å². The highest BCUT2D eigenvalue weighted by atomic mass is 16.6. The highest BCUT2D eigenvalue weighted by molar-refractivity contribution is 5.99. The second kappa shape index (κ2) is 3.45. The molecule has 5 heteroatoms. The Morgan fingerprint density at radius 1 is 1.33 bits per heavy atom. The number of non-ortho nitro benzene ring substituents is 1. The van der Waals surface area contributed by atoms with Crippen LogP contribution in [-0.4, -0.2) is 16.2 Å². The minimum absolute atomic E-state index is 0.0869. The van der Waals surface area contributed by atoms with Crippen LogP contribution in [0.25, 0.3) is 10.9 Å². The zero-order chi connectivity index (χ0) is 10.8. The molecule has 2 aromatic rings. The molecule has 0 aliphatic rings. The summed E-state index contributed by atoms with van der Waals surface area (Å²) in [4.78, 5) is 24.8. The third-order valence-corrected chi connectivity index (χ3v) is 2.11. The van der Waals surface area contributed by atoms with Gasteiger partial charge in [-0.05, 0) is 6.07 Å². The number of hydrogen-bond donors (Lipinski definition) is 0. The number of nitrogens with zero attached hydrogens (tertiary/aromatic N) is 2. The summed E-state index contributed by atoms with van der Waals surface area (Å²) in [5.74, 6) is 0. The first-order chi connectivity index (χ1) is 7.24. The fourth-order valence-electron chi connectivity index (χ4n) is 1.43. The summed E-state index contributed by atoms with van der Waals surface area (Å²) in [5.41, 5.74) is 0.562. The van der Waals surface area contributed by atoms with Crippen LogP contribution in [0.2, 0.25) is 0 Å². The number of rotatable bonds is 2. The molecule has 0 aliphatic heterocycles. The summed E-state index contributed by atoms with van der Waals surface area (Å²) < 4.78 is 0. The van der Waals surface area contributed by atoms with Gasteiger partial charge in [-0.3, -0.25) is 14.9 Å². The fourth-order valence-corrected chi connectivity index (χ4v) is 1.43. The molecule has 0 saturated heterocycles. The molecule has 0 aliphatic carbocycles. The van der Waals surface area contributed by atoms with Crippen molar-refractivity contribution in [2.45, 2.75) is 0 Å². The quantitative estimate of drug-likeness (QED) is 0.424. The Hall–Kier alpha value is -2.30. The zero-order valence-electron chi connectivity index (χ0n) is 7.58. The molecular formula is C10H6N2O3. The van der Waals surface area contributed by atoms with E-state index in [1.165, 1.54) is 24.4 Å². The highest BCUT2D eigenvalue weighted by Crippen LogP contribution is 2.24. The number of benzene rings is 1. The third kappa shape index (κ3) is 1.43. The molecule has 0 amide bonds. The highest BCUT2D eigenvalue weighted by Gasteiger charge is 2.13. The maximum atomic E-state index is 10.7. The minimum atomic E-state index is -0.510. The van der Waals surface area contributed by atoms with E-state index in [1.54, 1.807) is 6.07 Å². The van der Waals surface area contributed by atoms with E-state index in [2.05, 4.69) is 4.98 Å². The standard InChI is InChI=1S/C10H6N2O3/c13-6-7-4-5-11-10-8(7)2-1-3-9(10)12(14)15/h1-6H. The van der Waals surface area contributed by atoms with Crippen LogP contribution in [0, 0.1) is 10.1 Å². The molecule has 0 saturated carbocycles. The van der Waals surface area contributed by atoms with Crippen molar-refractivity contribution in [3.8, 4) is 0 Å². The predicted molar refractivity (Wildman–Crippen MR) is 53.8 cm³/mol. The first-order valence-electron chi connectivity index (χ1n) is 4.21. The Balaban J connectivity index is 2.88. The van der Waals surface area contributed by atoms with Crippen LogP contribution in [0.4, 0.5) is 5.69 Å². The number of fused-ring (bicyclic) bond motifs is 1. The summed E-state index contributed by atoms with van der Waals surface area (Å²) >= 11 is 0. The number of carbonyl (C=O) groups excluding carboxylic acids is 1. The Bertz CT molecular complexity index is 551. The number of carbonyl (C=O) groups is 1. The van der Waals surface area contributed by atoms with Crippen molar-refractivity contribution in [2.24, 2.45) is 0 Å². The largest absolute Gasteiger partial charge is 0.298 e. The summed E-state index contributed by atoms with van der Waals surface area (Å²) in [6.45, 7) is 0. The predicted octanol–water partition coefficient (Wildman–Crippen LogP) is 1.96. The molecule has 0 radical (unpaired) electrons. The Morgan fingerprint density at radius 2 is 2.13 bits per heavy atom. The second-order valence-electron chi connectivity index (χ2n) is 2.95. The molecular weight excluding hydrogens is 196 g/mol. The van der Waals surface area contributed by atoms with Crippen molar-refractivity contribution >= 4 is 22.9 Å². The molecule has 0 N–H and O–H groups in total. The van der Waals surface area contributed by atoms with E-state index in [1.807, 2.05) is 0 Å². The average molecular weight is 202 g/mol. The SMILES string of the molecule is O=Cc1ccnc2c([N+](=O)[O-])cccc12. The molecule has 0 spiro atoms. The van der Waals surface area contributed by atoms with Gasteiger partial charge in [0.15, 0.2) is 6.29 Å². The van der Waals surface area contributed by atoms with Crippen LogP contribution in [0.1, 0.15) is 10.4 Å². The molecule has 2 rings (SSSR count). The summed E-state index contributed by atoms with van der Waals surface area (Å²) in [6.07, 6.45) is 2.05. The number of nitro groups is 1. The number of aldehydes is 1. The van der Waals surface area contributed by atoms with Gasteiger partial charge >= 0.3 is 0 Å². The van der Waals surface area contributed by atoms with E-state index >= 15 is 0 Å². The first-order valence-corrected chi connectivity index (χ1v) is 4.21. The van der Waals surface area contributed by atoms with Gasteiger partial charge in [-0.25, -0.2) is 4.98 Å². The molecule has 1 aromatic heterocycles. The normalized spacial score (nSPS) is 10.1. The van der Waals surface area contributed by atoms with E-state index in [-0.39, 0.29) is 11.2 Å². The molecule has 0 fully saturated rings. The molecule has 1 heterocycles. The van der Waals surface area contributed by atoms with Crippen LogP contribution in [0.15, 0.2) is 30.5 Å². The van der Waals surface area contributed by atoms with Gasteiger partial charge in [-0.2, -0.15) is 0 Å². The third-order valence-electron chi connectivity index (χ3n) is 2.11. The van der Waals surface area contributed by atoms with Gasteiger partial charge in [0.25, 0.3) is 5.69 Å². The Kier molecular flexibility index (Phi) is 2.13. The van der Waals surface area contributed by atoms with Crippen LogP contribution < -0.4 is 0 Å². The van der Waals surface area contributed by atoms with Gasteiger partial charge in [0.05, 0.1) is 4.92 Å². The lowest BCUT2D eigenvalue weighted by Gasteiger charge is -1.99. The lowest BCUT2D eigenvalue weighted by molar-refractivity contribution is -0.383. The maximum Gasteiger partial charge on any atom is 0.295 e. The van der Waals surface area contributed by atoms with Crippen LogP contribution >= 0.6 is 0 Å². The maximum absolute atomic E-state index is 10.7. The molecule has 0 bridgehead atoms. The van der Waals surface area contributed by atoms with Crippen molar-refractivity contribution in [2.75, 3.05) is 0 Å². The van der Waals surface area contributed by atoms with E-state index in [0.29, 0.717) is 17.2 Å². The monoisotopic (exact) mass is 202 g/mol. The topological polar surface area (TPSA) is 73.1 Å². The van der Waals surface area contributed by atoms with Crippen molar-refractivity contribution in [3.05, 3.63) is 46.1 Å². The van der Waals surface area contributed by atoms with Gasteiger partial charge in [0, 0.05) is 23.2 Å².